The summed E-state index contributed by atoms with van der Waals surface area (Å²) in [7, 11) is 0. The van der Waals surface area contributed by atoms with E-state index >= 15 is 0 Å². The predicted molar refractivity (Wildman–Crippen MR) is 97.7 cm³/mol. The van der Waals surface area contributed by atoms with Gasteiger partial charge in [-0.3, -0.25) is 19.7 Å². The first-order valence-electron chi connectivity index (χ1n) is 8.13. The lowest BCUT2D eigenvalue weighted by Gasteiger charge is -2.37. The molecule has 1 aromatic carbocycles. The van der Waals surface area contributed by atoms with E-state index in [1.54, 1.807) is 0 Å². The van der Waals surface area contributed by atoms with Crippen molar-refractivity contribution in [2.24, 2.45) is 5.92 Å². The van der Waals surface area contributed by atoms with Crippen LogP contribution >= 0.6 is 11.3 Å². The van der Waals surface area contributed by atoms with Crippen LogP contribution in [0.3, 0.4) is 0 Å². The number of hydrogen-bond donors (Lipinski definition) is 1. The third kappa shape index (κ3) is 3.14. The van der Waals surface area contributed by atoms with E-state index < -0.39 is 16.7 Å². The number of amides is 2. The minimum atomic E-state index is -0.706. The molecule has 3 heterocycles. The Morgan fingerprint density at radius 2 is 2.11 bits per heavy atom. The van der Waals surface area contributed by atoms with E-state index in [4.69, 9.17) is 4.42 Å². The number of likely N-dealkylation sites (tertiary alicyclic amines) is 1. The monoisotopic (exact) mass is 386 g/mol. The van der Waals surface area contributed by atoms with Crippen LogP contribution in [0.25, 0.3) is 10.2 Å². The maximum absolute atomic E-state index is 12.4. The number of carbonyl (C=O) groups is 2. The number of thiazole rings is 1. The van der Waals surface area contributed by atoms with Crippen LogP contribution in [0.4, 0.5) is 11.0 Å². The number of rotatable bonds is 4. The standard InChI is InChI=1S/C17H14N4O5S/c1-9-3-2-4-12-14(9)18-17(27-12)19-15(22)10-7-20(8-10)16(23)11-5-6-13(26-11)21(24)25/h2-6,10H,7-8H2,1H3,(H,18,19,22). The Bertz CT molecular complexity index is 1070. The Kier molecular flexibility index (Phi) is 4.11. The van der Waals surface area contributed by atoms with Crippen molar-refractivity contribution >= 4 is 44.4 Å². The number of nitro groups is 1. The van der Waals surface area contributed by atoms with Gasteiger partial charge < -0.3 is 14.6 Å². The molecule has 1 saturated heterocycles. The molecule has 1 aliphatic heterocycles. The number of furan rings is 1. The molecule has 2 aromatic heterocycles. The van der Waals surface area contributed by atoms with Crippen molar-refractivity contribution in [1.82, 2.24) is 9.88 Å². The first-order chi connectivity index (χ1) is 12.9. The summed E-state index contributed by atoms with van der Waals surface area (Å²) in [5.41, 5.74) is 1.90. The van der Waals surface area contributed by atoms with Gasteiger partial charge in [-0.2, -0.15) is 0 Å². The second-order valence-corrected chi connectivity index (χ2v) is 7.26. The third-order valence-corrected chi connectivity index (χ3v) is 5.31. The topological polar surface area (TPSA) is 119 Å². The molecule has 9 nitrogen and oxygen atoms in total. The molecule has 0 spiro atoms. The fourth-order valence-electron chi connectivity index (χ4n) is 2.85. The molecule has 4 rings (SSSR count). The first kappa shape index (κ1) is 17.2. The maximum Gasteiger partial charge on any atom is 0.433 e. The second-order valence-electron chi connectivity index (χ2n) is 6.23. The van der Waals surface area contributed by atoms with Crippen molar-refractivity contribution in [1.29, 1.82) is 0 Å². The zero-order valence-electron chi connectivity index (χ0n) is 14.2. The van der Waals surface area contributed by atoms with E-state index in [1.165, 1.54) is 22.3 Å². The molecule has 0 saturated carbocycles. The molecule has 27 heavy (non-hydrogen) atoms. The summed E-state index contributed by atoms with van der Waals surface area (Å²) in [6.45, 7) is 2.41. The molecule has 3 aromatic rings. The number of anilines is 1. The molecular weight excluding hydrogens is 372 g/mol. The van der Waals surface area contributed by atoms with Crippen molar-refractivity contribution in [3.05, 3.63) is 51.8 Å². The van der Waals surface area contributed by atoms with Crippen LogP contribution in [-0.4, -0.2) is 39.7 Å². The number of para-hydroxylation sites is 1. The van der Waals surface area contributed by atoms with Crippen molar-refractivity contribution in [2.45, 2.75) is 6.92 Å². The van der Waals surface area contributed by atoms with E-state index in [0.29, 0.717) is 5.13 Å². The molecule has 0 atom stereocenters. The van der Waals surface area contributed by atoms with Gasteiger partial charge in [0.15, 0.2) is 10.9 Å². The summed E-state index contributed by atoms with van der Waals surface area (Å²) in [6, 6.07) is 8.24. The van der Waals surface area contributed by atoms with Gasteiger partial charge in [0.05, 0.1) is 22.2 Å². The van der Waals surface area contributed by atoms with Gasteiger partial charge in [-0.1, -0.05) is 23.5 Å². The number of aromatic nitrogens is 1. The average Bonchev–Trinajstić information content (AvgIpc) is 3.20. The Morgan fingerprint density at radius 3 is 2.78 bits per heavy atom. The highest BCUT2D eigenvalue weighted by molar-refractivity contribution is 7.22. The van der Waals surface area contributed by atoms with Gasteiger partial charge in [0.1, 0.15) is 4.92 Å². The van der Waals surface area contributed by atoms with Gasteiger partial charge in [-0.15, -0.1) is 0 Å². The molecule has 10 heteroatoms. The lowest BCUT2D eigenvalue weighted by Crippen LogP contribution is -2.54. The van der Waals surface area contributed by atoms with E-state index in [1.807, 2.05) is 25.1 Å². The van der Waals surface area contributed by atoms with E-state index in [0.717, 1.165) is 21.8 Å². The van der Waals surface area contributed by atoms with Crippen molar-refractivity contribution in [3.63, 3.8) is 0 Å². The van der Waals surface area contributed by atoms with Crippen LogP contribution in [-0.2, 0) is 4.79 Å². The second kappa shape index (κ2) is 6.47. The van der Waals surface area contributed by atoms with Gasteiger partial charge in [-0.05, 0) is 24.6 Å². The third-order valence-electron chi connectivity index (χ3n) is 4.37. The SMILES string of the molecule is Cc1cccc2sc(NC(=O)C3CN(C(=O)c4ccc([N+](=O)[O-])o4)C3)nc12. The zero-order chi connectivity index (χ0) is 19.1. The minimum absolute atomic E-state index is 0.109. The molecule has 2 amide bonds. The lowest BCUT2D eigenvalue weighted by molar-refractivity contribution is -0.402. The Hall–Kier alpha value is -3.27. The maximum atomic E-state index is 12.4. The van der Waals surface area contributed by atoms with Gasteiger partial charge in [-0.25, -0.2) is 4.98 Å². The molecule has 0 unspecified atom stereocenters. The van der Waals surface area contributed by atoms with Crippen molar-refractivity contribution < 1.29 is 18.9 Å². The number of nitrogens with zero attached hydrogens (tertiary/aromatic N) is 3. The van der Waals surface area contributed by atoms with Crippen molar-refractivity contribution in [2.75, 3.05) is 18.4 Å². The number of hydrogen-bond acceptors (Lipinski definition) is 7. The summed E-state index contributed by atoms with van der Waals surface area (Å²) in [6.07, 6.45) is 0. The van der Waals surface area contributed by atoms with Gasteiger partial charge in [0, 0.05) is 13.1 Å². The van der Waals surface area contributed by atoms with Crippen LogP contribution in [0.1, 0.15) is 16.1 Å². The highest BCUT2D eigenvalue weighted by Gasteiger charge is 2.37. The Morgan fingerprint density at radius 1 is 1.33 bits per heavy atom. The number of nitrogens with one attached hydrogen (secondary N) is 1. The molecule has 1 fully saturated rings. The molecule has 0 radical (unpaired) electrons. The molecular formula is C17H14N4O5S. The summed E-state index contributed by atoms with van der Waals surface area (Å²) in [4.78, 5) is 40.3. The van der Waals surface area contributed by atoms with Gasteiger partial charge in [0.2, 0.25) is 5.91 Å². The van der Waals surface area contributed by atoms with Crippen LogP contribution in [0, 0.1) is 23.0 Å². The number of benzene rings is 1. The first-order valence-corrected chi connectivity index (χ1v) is 8.94. The number of carbonyl (C=O) groups excluding carboxylic acids is 2. The molecule has 1 N–H and O–H groups in total. The van der Waals surface area contributed by atoms with Gasteiger partial charge >= 0.3 is 5.88 Å². The highest BCUT2D eigenvalue weighted by atomic mass is 32.1. The quantitative estimate of drug-likeness (QED) is 0.544. The van der Waals surface area contributed by atoms with Gasteiger partial charge in [0.25, 0.3) is 5.91 Å². The normalized spacial score (nSPS) is 14.2. The highest BCUT2D eigenvalue weighted by Crippen LogP contribution is 2.29. The van der Waals surface area contributed by atoms with Crippen LogP contribution in [0.5, 0.6) is 0 Å². The molecule has 138 valence electrons. The fourth-order valence-corrected chi connectivity index (χ4v) is 3.80. The number of aryl methyl sites for hydroxylation is 1. The predicted octanol–water partition coefficient (Wildman–Crippen LogP) is 2.82. The summed E-state index contributed by atoms with van der Waals surface area (Å²) < 4.78 is 5.90. The van der Waals surface area contributed by atoms with Crippen molar-refractivity contribution in [3.8, 4) is 0 Å². The fraction of sp³-hybridized carbons (Fsp3) is 0.235. The van der Waals surface area contributed by atoms with E-state index in [9.17, 15) is 19.7 Å². The summed E-state index contributed by atoms with van der Waals surface area (Å²) in [5.74, 6) is -1.63. The Balaban J connectivity index is 1.37. The molecule has 0 aliphatic carbocycles. The zero-order valence-corrected chi connectivity index (χ0v) is 15.0. The minimum Gasteiger partial charge on any atom is -0.395 e. The van der Waals surface area contributed by atoms with E-state index in [2.05, 4.69) is 10.3 Å². The Labute approximate surface area is 156 Å². The average molecular weight is 386 g/mol. The van der Waals surface area contributed by atoms with Crippen LogP contribution in [0.2, 0.25) is 0 Å². The lowest BCUT2D eigenvalue weighted by atomic mass is 9.99. The van der Waals surface area contributed by atoms with Crippen LogP contribution in [0.15, 0.2) is 34.7 Å². The van der Waals surface area contributed by atoms with E-state index in [-0.39, 0.29) is 30.7 Å². The number of fused-ring (bicyclic) bond motifs is 1. The largest absolute Gasteiger partial charge is 0.433 e. The molecule has 1 aliphatic rings. The smallest absolute Gasteiger partial charge is 0.395 e. The summed E-state index contributed by atoms with van der Waals surface area (Å²) >= 11 is 1.40. The molecule has 0 bridgehead atoms. The van der Waals surface area contributed by atoms with Crippen LogP contribution < -0.4 is 5.32 Å². The summed E-state index contributed by atoms with van der Waals surface area (Å²) in [5, 5.41) is 13.9.